The van der Waals surface area contributed by atoms with Crippen LogP contribution in [0.25, 0.3) is 75.7 Å². The van der Waals surface area contributed by atoms with E-state index in [1.54, 1.807) is 0 Å². The van der Waals surface area contributed by atoms with Gasteiger partial charge in [-0.05, 0) is 65.1 Å². The minimum absolute atomic E-state index is 0.269. The molecule has 0 N–H and O–H groups in total. The monoisotopic (exact) mass is 551 g/mol. The van der Waals surface area contributed by atoms with E-state index < -0.39 is 0 Å². The van der Waals surface area contributed by atoms with E-state index in [1.165, 1.54) is 31.7 Å². The molecule has 3 nitrogen and oxygen atoms in total. The average Bonchev–Trinajstić information content (AvgIpc) is 3.62. The predicted octanol–water partition coefficient (Wildman–Crippen LogP) is 11.3. The molecule has 0 aliphatic heterocycles. The molecule has 41 heavy (non-hydrogen) atoms. The number of furan rings is 2. The number of aromatic nitrogens is 1. The third kappa shape index (κ3) is 3.89. The third-order valence-electron chi connectivity index (χ3n) is 8.06. The van der Waals surface area contributed by atoms with Gasteiger partial charge < -0.3 is 8.83 Å². The highest BCUT2D eigenvalue weighted by molar-refractivity contribution is 7.23. The van der Waals surface area contributed by atoms with E-state index in [1.807, 2.05) is 35.7 Å². The zero-order valence-corrected chi connectivity index (χ0v) is 24.4. The summed E-state index contributed by atoms with van der Waals surface area (Å²) < 4.78 is 13.9. The maximum absolute atomic E-state index is 6.57. The number of fused-ring (bicyclic) bond motifs is 7. The molecule has 4 aromatic heterocycles. The van der Waals surface area contributed by atoms with Crippen molar-refractivity contribution < 1.29 is 8.83 Å². The van der Waals surface area contributed by atoms with Gasteiger partial charge in [-0.1, -0.05) is 75.4 Å². The molecule has 0 unspecified atom stereocenters. The van der Waals surface area contributed by atoms with E-state index in [9.17, 15) is 0 Å². The van der Waals surface area contributed by atoms with Crippen LogP contribution in [0.4, 0.5) is 0 Å². The molecular formula is C37H29NO2S. The molecule has 0 spiro atoms. The molecule has 0 atom stereocenters. The van der Waals surface area contributed by atoms with Crippen LogP contribution in [0.2, 0.25) is 0 Å². The maximum Gasteiger partial charge on any atom is 0.144 e. The zero-order valence-electron chi connectivity index (χ0n) is 23.5. The van der Waals surface area contributed by atoms with Crippen molar-refractivity contribution in [2.24, 2.45) is 5.41 Å². The van der Waals surface area contributed by atoms with Crippen molar-refractivity contribution in [3.8, 4) is 21.7 Å². The van der Waals surface area contributed by atoms with Crippen molar-refractivity contribution in [2.45, 2.75) is 34.1 Å². The molecule has 0 fully saturated rings. The summed E-state index contributed by atoms with van der Waals surface area (Å²) in [5, 5.41) is 5.65. The standard InChI is InChI=1S/C37H29NO2S/c1-21-24-16-17-38-33(36(24)41-35(21)23-14-12-22(13-15-23)20-37(2,3)4)27-10-7-9-26-29-18-28-25-8-5-6-11-30(25)39-31(28)19-32(29)40-34(26)27/h5-19H,20H2,1-4H3. The Labute approximate surface area is 242 Å². The van der Waals surface area contributed by atoms with Crippen LogP contribution >= 0.6 is 11.3 Å². The van der Waals surface area contributed by atoms with Gasteiger partial charge in [-0.2, -0.15) is 0 Å². The number of hydrogen-bond acceptors (Lipinski definition) is 4. The van der Waals surface area contributed by atoms with Crippen LogP contribution in [0.3, 0.4) is 0 Å². The number of benzene rings is 4. The van der Waals surface area contributed by atoms with Gasteiger partial charge >= 0.3 is 0 Å². The van der Waals surface area contributed by atoms with Crippen LogP contribution in [-0.4, -0.2) is 4.98 Å². The fourth-order valence-electron chi connectivity index (χ4n) is 6.20. The number of rotatable bonds is 3. The Balaban J connectivity index is 1.29. The minimum Gasteiger partial charge on any atom is -0.456 e. The fraction of sp³-hybridized carbons (Fsp3) is 0.162. The largest absolute Gasteiger partial charge is 0.456 e. The molecule has 0 saturated carbocycles. The summed E-state index contributed by atoms with van der Waals surface area (Å²) in [5.74, 6) is 0. The van der Waals surface area contributed by atoms with Crippen LogP contribution in [0.5, 0.6) is 0 Å². The van der Waals surface area contributed by atoms with Gasteiger partial charge in [0.05, 0.1) is 10.4 Å². The summed E-state index contributed by atoms with van der Waals surface area (Å²) in [7, 11) is 0. The quantitative estimate of drug-likeness (QED) is 0.219. The second-order valence-electron chi connectivity index (χ2n) is 12.3. The molecule has 4 heteroatoms. The van der Waals surface area contributed by atoms with E-state index >= 15 is 0 Å². The topological polar surface area (TPSA) is 39.2 Å². The Morgan fingerprint density at radius 2 is 1.46 bits per heavy atom. The Morgan fingerprint density at radius 1 is 0.707 bits per heavy atom. The molecule has 0 aliphatic carbocycles. The first-order valence-electron chi connectivity index (χ1n) is 14.1. The Morgan fingerprint density at radius 3 is 2.29 bits per heavy atom. The second kappa shape index (κ2) is 8.79. The molecule has 0 saturated heterocycles. The molecule has 8 aromatic rings. The molecular weight excluding hydrogens is 522 g/mol. The third-order valence-corrected chi connectivity index (χ3v) is 9.42. The number of nitrogens with zero attached hydrogens (tertiary/aromatic N) is 1. The second-order valence-corrected chi connectivity index (χ2v) is 13.3. The number of aryl methyl sites for hydroxylation is 1. The fourth-order valence-corrected chi connectivity index (χ4v) is 7.52. The number of pyridine rings is 1. The zero-order chi connectivity index (χ0) is 27.9. The lowest BCUT2D eigenvalue weighted by molar-refractivity contribution is 0.411. The summed E-state index contributed by atoms with van der Waals surface area (Å²) in [6, 6.07) is 30.0. The average molecular weight is 552 g/mol. The van der Waals surface area contributed by atoms with Crippen LogP contribution < -0.4 is 0 Å². The van der Waals surface area contributed by atoms with Crippen LogP contribution in [0, 0.1) is 12.3 Å². The first-order chi connectivity index (χ1) is 19.8. The van der Waals surface area contributed by atoms with Gasteiger partial charge in [0, 0.05) is 44.2 Å². The Kier molecular flexibility index (Phi) is 5.23. The molecule has 8 rings (SSSR count). The summed E-state index contributed by atoms with van der Waals surface area (Å²) >= 11 is 1.82. The first-order valence-corrected chi connectivity index (χ1v) is 14.9. The Bertz CT molecular complexity index is 2270. The SMILES string of the molecule is Cc1c(-c2ccc(CC(C)(C)C)cc2)sc2c(-c3cccc4c3oc3cc5oc6ccccc6c5cc34)nccc12. The lowest BCUT2D eigenvalue weighted by atomic mass is 9.88. The Hall–Kier alpha value is -4.41. The van der Waals surface area contributed by atoms with Gasteiger partial charge in [0.25, 0.3) is 0 Å². The summed E-state index contributed by atoms with van der Waals surface area (Å²) in [4.78, 5) is 6.21. The molecule has 0 amide bonds. The lowest BCUT2D eigenvalue weighted by Crippen LogP contribution is -2.08. The van der Waals surface area contributed by atoms with Crippen LogP contribution in [-0.2, 0) is 6.42 Å². The van der Waals surface area contributed by atoms with Crippen molar-refractivity contribution in [3.05, 3.63) is 102 Å². The normalized spacial score (nSPS) is 12.5. The van der Waals surface area contributed by atoms with Gasteiger partial charge in [-0.15, -0.1) is 11.3 Å². The minimum atomic E-state index is 0.269. The molecule has 4 heterocycles. The highest BCUT2D eigenvalue weighted by Gasteiger charge is 2.20. The highest BCUT2D eigenvalue weighted by atomic mass is 32.1. The van der Waals surface area contributed by atoms with Crippen molar-refractivity contribution in [2.75, 3.05) is 0 Å². The van der Waals surface area contributed by atoms with Gasteiger partial charge in [0.15, 0.2) is 0 Å². The summed E-state index contributed by atoms with van der Waals surface area (Å²) in [6.45, 7) is 9.08. The van der Waals surface area contributed by atoms with Crippen molar-refractivity contribution in [1.82, 2.24) is 4.98 Å². The molecule has 0 radical (unpaired) electrons. The van der Waals surface area contributed by atoms with E-state index in [-0.39, 0.29) is 5.41 Å². The lowest BCUT2D eigenvalue weighted by Gasteiger charge is -2.18. The first kappa shape index (κ1) is 24.4. The van der Waals surface area contributed by atoms with Crippen LogP contribution in [0.15, 0.2) is 100.0 Å². The highest BCUT2D eigenvalue weighted by Crippen LogP contribution is 2.45. The van der Waals surface area contributed by atoms with Gasteiger partial charge in [0.1, 0.15) is 22.3 Å². The smallest absolute Gasteiger partial charge is 0.144 e. The van der Waals surface area contributed by atoms with Gasteiger partial charge in [0.2, 0.25) is 0 Å². The van der Waals surface area contributed by atoms with Crippen molar-refractivity contribution >= 4 is 65.3 Å². The summed E-state index contributed by atoms with van der Waals surface area (Å²) in [5.41, 5.74) is 9.58. The molecule has 4 aromatic carbocycles. The van der Waals surface area contributed by atoms with Gasteiger partial charge in [-0.3, -0.25) is 4.98 Å². The predicted molar refractivity (Wildman–Crippen MR) is 173 cm³/mol. The number of thiophene rings is 1. The number of hydrogen-bond donors (Lipinski definition) is 0. The molecule has 0 aliphatic rings. The van der Waals surface area contributed by atoms with E-state index in [0.29, 0.717) is 0 Å². The van der Waals surface area contributed by atoms with E-state index in [0.717, 1.165) is 61.6 Å². The van der Waals surface area contributed by atoms with Crippen molar-refractivity contribution in [3.63, 3.8) is 0 Å². The van der Waals surface area contributed by atoms with E-state index in [4.69, 9.17) is 13.8 Å². The number of para-hydroxylation sites is 2. The molecule has 0 bridgehead atoms. The van der Waals surface area contributed by atoms with E-state index in [2.05, 4.69) is 94.4 Å². The maximum atomic E-state index is 6.57. The van der Waals surface area contributed by atoms with Gasteiger partial charge in [-0.25, -0.2) is 0 Å². The molecule has 200 valence electrons. The van der Waals surface area contributed by atoms with Crippen LogP contribution in [0.1, 0.15) is 31.9 Å². The van der Waals surface area contributed by atoms with Crippen molar-refractivity contribution in [1.29, 1.82) is 0 Å². The summed E-state index contributed by atoms with van der Waals surface area (Å²) in [6.07, 6.45) is 2.99.